The van der Waals surface area contributed by atoms with Crippen LogP contribution in [0.1, 0.15) is 31.4 Å². The highest BCUT2D eigenvalue weighted by Crippen LogP contribution is 2.18. The second-order valence-corrected chi connectivity index (χ2v) is 4.10. The van der Waals surface area contributed by atoms with Crippen molar-refractivity contribution >= 4 is 17.9 Å². The molecule has 6 heteroatoms. The van der Waals surface area contributed by atoms with E-state index in [1.165, 1.54) is 7.05 Å². The van der Waals surface area contributed by atoms with Crippen LogP contribution >= 0.6 is 0 Å². The summed E-state index contributed by atoms with van der Waals surface area (Å²) in [6.07, 6.45) is -0.291. The molecule has 0 radical (unpaired) electrons. The van der Waals surface area contributed by atoms with Gasteiger partial charge in [-0.15, -0.1) is 0 Å². The third-order valence-corrected chi connectivity index (χ3v) is 2.51. The van der Waals surface area contributed by atoms with Gasteiger partial charge >= 0.3 is 12.0 Å². The number of ether oxygens (including phenoxy) is 1. The topological polar surface area (TPSA) is 84.5 Å². The molecule has 108 valence electrons. The molecular weight excluding hydrogens is 260 g/mol. The monoisotopic (exact) mass is 278 g/mol. The molecule has 1 rings (SSSR count). The zero-order valence-electron chi connectivity index (χ0n) is 11.5. The molecule has 1 aromatic rings. The molecule has 1 atom stereocenters. The lowest BCUT2D eigenvalue weighted by Crippen LogP contribution is -2.41. The van der Waals surface area contributed by atoms with Crippen LogP contribution in [0, 0.1) is 0 Å². The van der Waals surface area contributed by atoms with E-state index in [-0.39, 0.29) is 6.42 Å². The van der Waals surface area contributed by atoms with Crippen LogP contribution in [0.4, 0.5) is 4.79 Å². The molecule has 0 aromatic heterocycles. The number of imide groups is 1. The van der Waals surface area contributed by atoms with Gasteiger partial charge in [0.25, 0.3) is 5.91 Å². The van der Waals surface area contributed by atoms with Gasteiger partial charge in [-0.2, -0.15) is 0 Å². The van der Waals surface area contributed by atoms with E-state index in [4.69, 9.17) is 4.74 Å². The highest BCUT2D eigenvalue weighted by atomic mass is 16.5. The van der Waals surface area contributed by atoms with E-state index in [0.717, 1.165) is 0 Å². The second kappa shape index (κ2) is 7.93. The fourth-order valence-electron chi connectivity index (χ4n) is 1.54. The summed E-state index contributed by atoms with van der Waals surface area (Å²) in [5, 5.41) is 4.38. The Morgan fingerprint density at radius 2 is 1.85 bits per heavy atom. The molecule has 0 spiro atoms. The number of hydrogen-bond donors (Lipinski definition) is 2. The lowest BCUT2D eigenvalue weighted by molar-refractivity contribution is -0.156. The van der Waals surface area contributed by atoms with Crippen LogP contribution in [0.15, 0.2) is 30.3 Å². The van der Waals surface area contributed by atoms with Gasteiger partial charge in [0, 0.05) is 19.0 Å². The van der Waals surface area contributed by atoms with E-state index in [0.29, 0.717) is 12.0 Å². The van der Waals surface area contributed by atoms with Crippen molar-refractivity contribution in [1.82, 2.24) is 10.6 Å². The Morgan fingerprint density at radius 1 is 1.20 bits per heavy atom. The number of carbonyl (C=O) groups excluding carboxylic acids is 3. The Morgan fingerprint density at radius 3 is 2.40 bits per heavy atom. The number of carbonyl (C=O) groups is 3. The molecule has 0 saturated heterocycles. The van der Waals surface area contributed by atoms with Crippen LogP contribution in [0.25, 0.3) is 0 Å². The molecule has 20 heavy (non-hydrogen) atoms. The smallest absolute Gasteiger partial charge is 0.321 e. The number of amides is 3. The van der Waals surface area contributed by atoms with Gasteiger partial charge in [-0.3, -0.25) is 14.9 Å². The maximum atomic E-state index is 12.0. The SMILES string of the molecule is CCCC(=O)O[C@H](C(=O)NC(=O)NC)c1ccccc1. The standard InChI is InChI=1S/C14H18N2O4/c1-3-7-11(17)20-12(10-8-5-4-6-9-10)13(18)16-14(19)15-2/h4-6,8-9,12H,3,7H2,1-2H3,(H2,15,16,18,19)/t12-/m0/s1. The van der Waals surface area contributed by atoms with E-state index in [2.05, 4.69) is 10.6 Å². The molecular formula is C14H18N2O4. The third-order valence-electron chi connectivity index (χ3n) is 2.51. The van der Waals surface area contributed by atoms with Crippen molar-refractivity contribution in [3.8, 4) is 0 Å². The Hall–Kier alpha value is -2.37. The quantitative estimate of drug-likeness (QED) is 0.800. The van der Waals surface area contributed by atoms with Crippen LogP contribution in [0.5, 0.6) is 0 Å². The first kappa shape index (κ1) is 15.7. The van der Waals surface area contributed by atoms with Crippen molar-refractivity contribution in [3.05, 3.63) is 35.9 Å². The van der Waals surface area contributed by atoms with E-state index in [9.17, 15) is 14.4 Å². The maximum absolute atomic E-state index is 12.0. The molecule has 0 unspecified atom stereocenters. The van der Waals surface area contributed by atoms with E-state index in [1.807, 2.05) is 6.92 Å². The fourth-order valence-corrected chi connectivity index (χ4v) is 1.54. The summed E-state index contributed by atoms with van der Waals surface area (Å²) in [6, 6.07) is 7.90. The van der Waals surface area contributed by atoms with E-state index < -0.39 is 24.0 Å². The average molecular weight is 278 g/mol. The van der Waals surface area contributed by atoms with Crippen molar-refractivity contribution in [2.75, 3.05) is 7.05 Å². The molecule has 2 N–H and O–H groups in total. The minimum Gasteiger partial charge on any atom is -0.447 e. The Balaban J connectivity index is 2.87. The first-order valence-corrected chi connectivity index (χ1v) is 6.35. The molecule has 0 aliphatic rings. The van der Waals surface area contributed by atoms with Crippen molar-refractivity contribution < 1.29 is 19.1 Å². The lowest BCUT2D eigenvalue weighted by Gasteiger charge is -2.17. The number of hydrogen-bond acceptors (Lipinski definition) is 4. The zero-order chi connectivity index (χ0) is 15.0. The van der Waals surface area contributed by atoms with Crippen molar-refractivity contribution in [2.45, 2.75) is 25.9 Å². The van der Waals surface area contributed by atoms with Crippen molar-refractivity contribution in [1.29, 1.82) is 0 Å². The van der Waals surface area contributed by atoms with Gasteiger partial charge in [0.05, 0.1) is 0 Å². The molecule has 6 nitrogen and oxygen atoms in total. The number of urea groups is 1. The largest absolute Gasteiger partial charge is 0.447 e. The summed E-state index contributed by atoms with van der Waals surface area (Å²) in [5.41, 5.74) is 0.512. The Kier molecular flexibility index (Phi) is 6.22. The van der Waals surface area contributed by atoms with E-state index >= 15 is 0 Å². The highest BCUT2D eigenvalue weighted by molar-refractivity contribution is 5.97. The predicted molar refractivity (Wildman–Crippen MR) is 72.8 cm³/mol. The summed E-state index contributed by atoms with van der Waals surface area (Å²) in [5.74, 6) is -1.16. The highest BCUT2D eigenvalue weighted by Gasteiger charge is 2.25. The van der Waals surface area contributed by atoms with Gasteiger partial charge in [0.15, 0.2) is 0 Å². The summed E-state index contributed by atoms with van der Waals surface area (Å²) < 4.78 is 5.15. The predicted octanol–water partition coefficient (Wildman–Crippen LogP) is 1.53. The van der Waals surface area contributed by atoms with E-state index in [1.54, 1.807) is 30.3 Å². The number of rotatable bonds is 5. The third kappa shape index (κ3) is 4.72. The Labute approximate surface area is 117 Å². The van der Waals surface area contributed by atoms with Gasteiger partial charge in [-0.05, 0) is 6.42 Å². The molecule has 0 fully saturated rings. The summed E-state index contributed by atoms with van der Waals surface area (Å²) in [6.45, 7) is 1.84. The first-order chi connectivity index (χ1) is 9.58. The molecule has 0 saturated carbocycles. The van der Waals surface area contributed by atoms with Crippen LogP contribution in [0.2, 0.25) is 0 Å². The zero-order valence-corrected chi connectivity index (χ0v) is 11.5. The van der Waals surface area contributed by atoms with Crippen molar-refractivity contribution in [2.24, 2.45) is 0 Å². The molecule has 1 aromatic carbocycles. The lowest BCUT2D eigenvalue weighted by atomic mass is 10.1. The number of benzene rings is 1. The number of nitrogens with one attached hydrogen (secondary N) is 2. The summed E-state index contributed by atoms with van der Waals surface area (Å²) in [7, 11) is 1.39. The molecule has 3 amide bonds. The second-order valence-electron chi connectivity index (χ2n) is 4.10. The maximum Gasteiger partial charge on any atom is 0.321 e. The molecule has 0 heterocycles. The normalized spacial score (nSPS) is 11.3. The van der Waals surface area contributed by atoms with Gasteiger partial charge < -0.3 is 10.1 Å². The minimum atomic E-state index is -1.13. The van der Waals surface area contributed by atoms with Crippen LogP contribution < -0.4 is 10.6 Å². The van der Waals surface area contributed by atoms with Crippen LogP contribution in [0.3, 0.4) is 0 Å². The van der Waals surface area contributed by atoms with Gasteiger partial charge in [0.1, 0.15) is 0 Å². The molecule has 0 aliphatic heterocycles. The molecule has 0 aliphatic carbocycles. The van der Waals surface area contributed by atoms with Crippen LogP contribution in [-0.2, 0) is 14.3 Å². The van der Waals surface area contributed by atoms with Gasteiger partial charge in [0.2, 0.25) is 6.10 Å². The molecule has 0 bridgehead atoms. The average Bonchev–Trinajstić information content (AvgIpc) is 2.45. The summed E-state index contributed by atoms with van der Waals surface area (Å²) in [4.78, 5) is 34.8. The minimum absolute atomic E-state index is 0.219. The fraction of sp³-hybridized carbons (Fsp3) is 0.357. The van der Waals surface area contributed by atoms with Crippen molar-refractivity contribution in [3.63, 3.8) is 0 Å². The number of esters is 1. The summed E-state index contributed by atoms with van der Waals surface area (Å²) >= 11 is 0. The van der Waals surface area contributed by atoms with Gasteiger partial charge in [-0.25, -0.2) is 4.79 Å². The van der Waals surface area contributed by atoms with Gasteiger partial charge in [-0.1, -0.05) is 37.3 Å². The Bertz CT molecular complexity index is 473. The van der Waals surface area contributed by atoms with Crippen LogP contribution in [-0.4, -0.2) is 25.0 Å². The first-order valence-electron chi connectivity index (χ1n) is 6.35.